The number of benzene rings is 1. The summed E-state index contributed by atoms with van der Waals surface area (Å²) in [6.45, 7) is 2.32. The SMILES string of the molecule is Fc1ccc(CCNc2nccc(NCC3CCCO3)n2)cc1. The first-order valence-corrected chi connectivity index (χ1v) is 7.96. The summed E-state index contributed by atoms with van der Waals surface area (Å²) >= 11 is 0. The molecule has 1 aliphatic heterocycles. The molecule has 0 spiro atoms. The number of nitrogens with one attached hydrogen (secondary N) is 2. The van der Waals surface area contributed by atoms with Crippen molar-refractivity contribution >= 4 is 11.8 Å². The van der Waals surface area contributed by atoms with Gasteiger partial charge in [-0.15, -0.1) is 0 Å². The van der Waals surface area contributed by atoms with E-state index in [1.54, 1.807) is 18.3 Å². The summed E-state index contributed by atoms with van der Waals surface area (Å²) in [5, 5.41) is 6.47. The van der Waals surface area contributed by atoms with Crippen LogP contribution in [0.3, 0.4) is 0 Å². The number of nitrogens with zero attached hydrogens (tertiary/aromatic N) is 2. The largest absolute Gasteiger partial charge is 0.376 e. The van der Waals surface area contributed by atoms with Crippen LogP contribution in [0.4, 0.5) is 16.2 Å². The van der Waals surface area contributed by atoms with Gasteiger partial charge in [-0.05, 0) is 43.0 Å². The lowest BCUT2D eigenvalue weighted by atomic mass is 10.1. The van der Waals surface area contributed by atoms with Gasteiger partial charge in [-0.3, -0.25) is 0 Å². The normalized spacial score (nSPS) is 17.2. The molecule has 1 unspecified atom stereocenters. The molecule has 1 fully saturated rings. The van der Waals surface area contributed by atoms with Gasteiger partial charge in [0.2, 0.25) is 5.95 Å². The van der Waals surface area contributed by atoms with Crippen molar-refractivity contribution in [2.24, 2.45) is 0 Å². The molecule has 23 heavy (non-hydrogen) atoms. The van der Waals surface area contributed by atoms with Crippen LogP contribution in [0.5, 0.6) is 0 Å². The second-order valence-electron chi connectivity index (χ2n) is 5.58. The molecule has 5 nitrogen and oxygen atoms in total. The Bertz CT molecular complexity index is 614. The Hall–Kier alpha value is -2.21. The molecule has 1 aliphatic rings. The van der Waals surface area contributed by atoms with Crippen molar-refractivity contribution in [2.75, 3.05) is 30.3 Å². The first-order valence-electron chi connectivity index (χ1n) is 7.96. The van der Waals surface area contributed by atoms with Crippen molar-refractivity contribution in [3.05, 3.63) is 47.9 Å². The Balaban J connectivity index is 1.46. The number of ether oxygens (including phenoxy) is 1. The summed E-state index contributed by atoms with van der Waals surface area (Å²) in [5.74, 6) is 1.17. The third kappa shape index (κ3) is 4.89. The molecule has 1 aromatic heterocycles. The number of hydrogen-bond donors (Lipinski definition) is 2. The fourth-order valence-corrected chi connectivity index (χ4v) is 2.54. The Labute approximate surface area is 135 Å². The monoisotopic (exact) mass is 316 g/mol. The fourth-order valence-electron chi connectivity index (χ4n) is 2.54. The van der Waals surface area contributed by atoms with Crippen LogP contribution in [0.1, 0.15) is 18.4 Å². The highest BCUT2D eigenvalue weighted by Crippen LogP contribution is 2.13. The lowest BCUT2D eigenvalue weighted by molar-refractivity contribution is 0.120. The van der Waals surface area contributed by atoms with E-state index in [1.807, 2.05) is 6.07 Å². The van der Waals surface area contributed by atoms with Gasteiger partial charge in [-0.2, -0.15) is 4.98 Å². The van der Waals surface area contributed by atoms with Crippen LogP contribution in [-0.2, 0) is 11.2 Å². The maximum atomic E-state index is 12.9. The molecular formula is C17H21FN4O. The molecule has 0 amide bonds. The summed E-state index contributed by atoms with van der Waals surface area (Å²) in [7, 11) is 0. The molecule has 2 N–H and O–H groups in total. The van der Waals surface area contributed by atoms with Crippen LogP contribution >= 0.6 is 0 Å². The first kappa shape index (κ1) is 15.7. The molecule has 6 heteroatoms. The van der Waals surface area contributed by atoms with E-state index in [0.29, 0.717) is 12.5 Å². The van der Waals surface area contributed by atoms with Crippen molar-refractivity contribution in [1.82, 2.24) is 9.97 Å². The van der Waals surface area contributed by atoms with E-state index in [-0.39, 0.29) is 11.9 Å². The minimum Gasteiger partial charge on any atom is -0.376 e. The molecule has 2 aromatic rings. The zero-order valence-electron chi connectivity index (χ0n) is 13.0. The topological polar surface area (TPSA) is 59.1 Å². The molecule has 1 saturated heterocycles. The van der Waals surface area contributed by atoms with Gasteiger partial charge < -0.3 is 15.4 Å². The standard InChI is InChI=1S/C17H21FN4O/c18-14-5-3-13(4-6-14)7-9-19-17-20-10-8-16(22-17)21-12-15-2-1-11-23-15/h3-6,8,10,15H,1-2,7,9,11-12H2,(H2,19,20,21,22). The number of aromatic nitrogens is 2. The predicted octanol–water partition coefficient (Wildman–Crippen LogP) is 2.86. The van der Waals surface area contributed by atoms with Gasteiger partial charge in [-0.25, -0.2) is 9.37 Å². The van der Waals surface area contributed by atoms with Crippen molar-refractivity contribution in [3.8, 4) is 0 Å². The van der Waals surface area contributed by atoms with E-state index in [4.69, 9.17) is 4.74 Å². The number of hydrogen-bond acceptors (Lipinski definition) is 5. The van der Waals surface area contributed by atoms with E-state index < -0.39 is 0 Å². The van der Waals surface area contributed by atoms with Gasteiger partial charge in [0, 0.05) is 25.9 Å². The molecule has 0 radical (unpaired) electrons. The molecule has 0 aliphatic carbocycles. The number of anilines is 2. The average Bonchev–Trinajstić information content (AvgIpc) is 3.09. The van der Waals surface area contributed by atoms with Gasteiger partial charge in [0.15, 0.2) is 0 Å². The molecule has 3 rings (SSSR count). The zero-order valence-corrected chi connectivity index (χ0v) is 13.0. The maximum absolute atomic E-state index is 12.9. The van der Waals surface area contributed by atoms with Gasteiger partial charge in [0.1, 0.15) is 11.6 Å². The Morgan fingerprint density at radius 1 is 1.17 bits per heavy atom. The highest BCUT2D eigenvalue weighted by Gasteiger charge is 2.15. The average molecular weight is 316 g/mol. The van der Waals surface area contributed by atoms with E-state index >= 15 is 0 Å². The molecule has 122 valence electrons. The number of halogens is 1. The second-order valence-corrected chi connectivity index (χ2v) is 5.58. The van der Waals surface area contributed by atoms with Crippen LogP contribution in [0.25, 0.3) is 0 Å². The van der Waals surface area contributed by atoms with E-state index in [1.165, 1.54) is 12.1 Å². The van der Waals surface area contributed by atoms with E-state index in [9.17, 15) is 4.39 Å². The lowest BCUT2D eigenvalue weighted by Gasteiger charge is -2.12. The number of rotatable bonds is 7. The molecule has 0 saturated carbocycles. The van der Waals surface area contributed by atoms with Crippen LogP contribution in [0.2, 0.25) is 0 Å². The Morgan fingerprint density at radius 3 is 2.83 bits per heavy atom. The molecular weight excluding hydrogens is 295 g/mol. The quantitative estimate of drug-likeness (QED) is 0.822. The highest BCUT2D eigenvalue weighted by atomic mass is 19.1. The third-order valence-electron chi connectivity index (χ3n) is 3.80. The summed E-state index contributed by atoms with van der Waals surface area (Å²) < 4.78 is 18.4. The predicted molar refractivity (Wildman–Crippen MR) is 88.1 cm³/mol. The van der Waals surface area contributed by atoms with Crippen LogP contribution < -0.4 is 10.6 Å². The van der Waals surface area contributed by atoms with Gasteiger partial charge >= 0.3 is 0 Å². The van der Waals surface area contributed by atoms with Gasteiger partial charge in [0.05, 0.1) is 6.10 Å². The minimum absolute atomic E-state index is 0.213. The van der Waals surface area contributed by atoms with Crippen LogP contribution in [0.15, 0.2) is 36.5 Å². The molecule has 0 bridgehead atoms. The molecule has 1 aromatic carbocycles. The van der Waals surface area contributed by atoms with Crippen molar-refractivity contribution in [3.63, 3.8) is 0 Å². The second kappa shape index (κ2) is 7.87. The van der Waals surface area contributed by atoms with Crippen molar-refractivity contribution < 1.29 is 9.13 Å². The first-order chi connectivity index (χ1) is 11.3. The molecule has 2 heterocycles. The van der Waals surface area contributed by atoms with Gasteiger partial charge in [0.25, 0.3) is 0 Å². The minimum atomic E-state index is -0.213. The molecule has 1 atom stereocenters. The Kier molecular flexibility index (Phi) is 5.37. The van der Waals surface area contributed by atoms with Crippen molar-refractivity contribution in [2.45, 2.75) is 25.4 Å². The summed E-state index contributed by atoms with van der Waals surface area (Å²) in [6.07, 6.45) is 5.02. The van der Waals surface area contributed by atoms with Gasteiger partial charge in [-0.1, -0.05) is 12.1 Å². The summed E-state index contributed by atoms with van der Waals surface area (Å²) in [4.78, 5) is 8.64. The van der Waals surface area contributed by atoms with Crippen LogP contribution in [-0.4, -0.2) is 35.8 Å². The van der Waals surface area contributed by atoms with E-state index in [2.05, 4.69) is 20.6 Å². The smallest absolute Gasteiger partial charge is 0.224 e. The summed E-state index contributed by atoms with van der Waals surface area (Å²) in [5.41, 5.74) is 1.08. The highest BCUT2D eigenvalue weighted by molar-refractivity contribution is 5.39. The third-order valence-corrected chi connectivity index (χ3v) is 3.80. The Morgan fingerprint density at radius 2 is 2.04 bits per heavy atom. The zero-order chi connectivity index (χ0) is 15.9. The maximum Gasteiger partial charge on any atom is 0.224 e. The van der Waals surface area contributed by atoms with Crippen molar-refractivity contribution in [1.29, 1.82) is 0 Å². The summed E-state index contributed by atoms with van der Waals surface area (Å²) in [6, 6.07) is 8.37. The lowest BCUT2D eigenvalue weighted by Crippen LogP contribution is -2.19. The fraction of sp³-hybridized carbons (Fsp3) is 0.412. The van der Waals surface area contributed by atoms with E-state index in [0.717, 1.165) is 43.8 Å². The van der Waals surface area contributed by atoms with Crippen LogP contribution in [0, 0.1) is 5.82 Å².